The number of nitrogens with zero attached hydrogens (tertiary/aromatic N) is 5. The predicted octanol–water partition coefficient (Wildman–Crippen LogP) is 0.656. The third-order valence-electron chi connectivity index (χ3n) is 4.20. The molecule has 0 amide bonds. The van der Waals surface area contributed by atoms with Gasteiger partial charge in [0.1, 0.15) is 12.2 Å². The van der Waals surface area contributed by atoms with Crippen LogP contribution in [0.15, 0.2) is 24.0 Å². The summed E-state index contributed by atoms with van der Waals surface area (Å²) in [5, 5.41) is 14.9. The molecule has 7 nitrogen and oxygen atoms in total. The van der Waals surface area contributed by atoms with Crippen molar-refractivity contribution < 1.29 is 0 Å². The third kappa shape index (κ3) is 5.35. The van der Waals surface area contributed by atoms with Gasteiger partial charge in [-0.3, -0.25) is 9.89 Å². The van der Waals surface area contributed by atoms with Crippen LogP contribution in [0.3, 0.4) is 0 Å². The van der Waals surface area contributed by atoms with Gasteiger partial charge in [0.15, 0.2) is 5.96 Å². The topological polar surface area (TPSA) is 70.4 Å². The molecule has 0 aliphatic carbocycles. The first-order valence-corrected chi connectivity index (χ1v) is 8.44. The molecule has 0 radical (unpaired) electrons. The van der Waals surface area contributed by atoms with E-state index in [0.29, 0.717) is 6.04 Å². The lowest BCUT2D eigenvalue weighted by Crippen LogP contribution is -2.49. The van der Waals surface area contributed by atoms with Crippen LogP contribution >= 0.6 is 0 Å². The van der Waals surface area contributed by atoms with E-state index in [1.54, 1.807) is 6.33 Å². The quantitative estimate of drug-likeness (QED) is 0.439. The van der Waals surface area contributed by atoms with Crippen molar-refractivity contribution in [2.24, 2.45) is 4.99 Å². The molecule has 0 bridgehead atoms. The fraction of sp³-hybridized carbons (Fsp3) is 0.688. The van der Waals surface area contributed by atoms with E-state index in [1.807, 2.05) is 13.1 Å². The zero-order chi connectivity index (χ0) is 16.5. The average Bonchev–Trinajstić information content (AvgIpc) is 3.03. The summed E-state index contributed by atoms with van der Waals surface area (Å²) in [4.78, 5) is 6.75. The number of guanidine groups is 1. The van der Waals surface area contributed by atoms with E-state index in [2.05, 4.69) is 48.8 Å². The molecule has 1 aliphatic rings. The summed E-state index contributed by atoms with van der Waals surface area (Å²) in [6.45, 7) is 10.8. The molecule has 0 spiro atoms. The Labute approximate surface area is 138 Å². The highest BCUT2D eigenvalue weighted by molar-refractivity contribution is 5.79. The molecule has 1 saturated heterocycles. The van der Waals surface area contributed by atoms with Crippen molar-refractivity contribution in [2.45, 2.75) is 38.8 Å². The van der Waals surface area contributed by atoms with Crippen molar-refractivity contribution in [1.29, 1.82) is 0 Å². The maximum absolute atomic E-state index is 4.32. The maximum Gasteiger partial charge on any atom is 0.191 e. The van der Waals surface area contributed by atoms with Crippen molar-refractivity contribution in [2.75, 3.05) is 33.2 Å². The van der Waals surface area contributed by atoms with Crippen LogP contribution in [-0.4, -0.2) is 64.9 Å². The van der Waals surface area contributed by atoms with Crippen molar-refractivity contribution in [1.82, 2.24) is 30.3 Å². The molecule has 0 aromatic carbocycles. The lowest BCUT2D eigenvalue weighted by atomic mass is 10.1. The molecule has 0 saturated carbocycles. The van der Waals surface area contributed by atoms with E-state index in [-0.39, 0.29) is 0 Å². The zero-order valence-corrected chi connectivity index (χ0v) is 14.3. The Morgan fingerprint density at radius 1 is 1.48 bits per heavy atom. The average molecular weight is 319 g/mol. The molecular weight excluding hydrogens is 290 g/mol. The molecule has 128 valence electrons. The van der Waals surface area contributed by atoms with Crippen LogP contribution < -0.4 is 10.6 Å². The van der Waals surface area contributed by atoms with E-state index >= 15 is 0 Å². The number of hydrogen-bond donors (Lipinski definition) is 2. The number of hydrogen-bond acceptors (Lipinski definition) is 4. The van der Waals surface area contributed by atoms with Gasteiger partial charge in [-0.25, -0.2) is 0 Å². The van der Waals surface area contributed by atoms with Gasteiger partial charge in [-0.1, -0.05) is 13.0 Å². The molecule has 1 aliphatic heterocycles. The highest BCUT2D eigenvalue weighted by atomic mass is 15.3. The van der Waals surface area contributed by atoms with Crippen LogP contribution in [0.5, 0.6) is 0 Å². The van der Waals surface area contributed by atoms with Crippen LogP contribution in [0.2, 0.25) is 0 Å². The van der Waals surface area contributed by atoms with E-state index in [0.717, 1.165) is 63.8 Å². The second kappa shape index (κ2) is 9.29. The minimum absolute atomic E-state index is 0.489. The summed E-state index contributed by atoms with van der Waals surface area (Å²) < 4.78 is 2.08. The Morgan fingerprint density at radius 2 is 2.26 bits per heavy atom. The van der Waals surface area contributed by atoms with Gasteiger partial charge >= 0.3 is 0 Å². The molecule has 2 rings (SSSR count). The fourth-order valence-corrected chi connectivity index (χ4v) is 2.86. The largest absolute Gasteiger partial charge is 0.355 e. The normalized spacial score (nSPS) is 17.2. The number of aliphatic imine (C=N–C) groups is 1. The monoisotopic (exact) mass is 319 g/mol. The Hall–Kier alpha value is -1.89. The van der Waals surface area contributed by atoms with Crippen molar-refractivity contribution in [3.05, 3.63) is 24.8 Å². The first-order valence-electron chi connectivity index (χ1n) is 8.44. The summed E-state index contributed by atoms with van der Waals surface area (Å²) in [6.07, 6.45) is 6.94. The smallest absolute Gasteiger partial charge is 0.191 e. The predicted molar refractivity (Wildman–Crippen MR) is 93.6 cm³/mol. The molecule has 0 atom stereocenters. The molecule has 23 heavy (non-hydrogen) atoms. The van der Waals surface area contributed by atoms with Crippen LogP contribution in [0, 0.1) is 0 Å². The van der Waals surface area contributed by atoms with Gasteiger partial charge < -0.3 is 15.2 Å². The van der Waals surface area contributed by atoms with Crippen molar-refractivity contribution >= 4 is 5.96 Å². The molecule has 0 unspecified atom stereocenters. The van der Waals surface area contributed by atoms with Crippen molar-refractivity contribution in [3.8, 4) is 0 Å². The number of piperidine rings is 1. The Bertz CT molecular complexity index is 500. The SMILES string of the molecule is C=CCN1CCC(NC(=NC)NCCn2cnnc2CC)CC1. The highest BCUT2D eigenvalue weighted by Crippen LogP contribution is 2.09. The summed E-state index contributed by atoms with van der Waals surface area (Å²) in [5.41, 5.74) is 0. The molecule has 2 heterocycles. The molecular formula is C16H29N7. The third-order valence-corrected chi connectivity index (χ3v) is 4.20. The lowest BCUT2D eigenvalue weighted by Gasteiger charge is -2.32. The van der Waals surface area contributed by atoms with Crippen LogP contribution in [-0.2, 0) is 13.0 Å². The van der Waals surface area contributed by atoms with Crippen LogP contribution in [0.25, 0.3) is 0 Å². The minimum Gasteiger partial charge on any atom is -0.355 e. The fourth-order valence-electron chi connectivity index (χ4n) is 2.86. The Morgan fingerprint density at radius 3 is 2.91 bits per heavy atom. The van der Waals surface area contributed by atoms with Gasteiger partial charge in [0.2, 0.25) is 0 Å². The summed E-state index contributed by atoms with van der Waals surface area (Å²) in [5.74, 6) is 1.89. The number of likely N-dealkylation sites (tertiary alicyclic amines) is 1. The van der Waals surface area contributed by atoms with Crippen LogP contribution in [0.4, 0.5) is 0 Å². The van der Waals surface area contributed by atoms with Gasteiger partial charge in [0.05, 0.1) is 0 Å². The van der Waals surface area contributed by atoms with Gasteiger partial charge in [-0.15, -0.1) is 16.8 Å². The Kier molecular flexibility index (Phi) is 7.06. The van der Waals surface area contributed by atoms with Gasteiger partial charge in [-0.05, 0) is 12.8 Å². The molecule has 1 aromatic rings. The Balaban J connectivity index is 1.71. The van der Waals surface area contributed by atoms with Gasteiger partial charge in [-0.2, -0.15) is 0 Å². The van der Waals surface area contributed by atoms with E-state index in [1.165, 1.54) is 0 Å². The van der Waals surface area contributed by atoms with Gasteiger partial charge in [0, 0.05) is 52.2 Å². The number of nitrogens with one attached hydrogen (secondary N) is 2. The number of rotatable bonds is 7. The second-order valence-corrected chi connectivity index (χ2v) is 5.80. The van der Waals surface area contributed by atoms with E-state index in [9.17, 15) is 0 Å². The summed E-state index contributed by atoms with van der Waals surface area (Å²) in [7, 11) is 1.82. The first-order chi connectivity index (χ1) is 11.3. The molecule has 1 aromatic heterocycles. The molecule has 1 fully saturated rings. The second-order valence-electron chi connectivity index (χ2n) is 5.80. The highest BCUT2D eigenvalue weighted by Gasteiger charge is 2.18. The lowest BCUT2D eigenvalue weighted by molar-refractivity contribution is 0.225. The van der Waals surface area contributed by atoms with Crippen LogP contribution in [0.1, 0.15) is 25.6 Å². The number of aromatic nitrogens is 3. The number of aryl methyl sites for hydroxylation is 1. The van der Waals surface area contributed by atoms with E-state index < -0.39 is 0 Å². The molecule has 2 N–H and O–H groups in total. The van der Waals surface area contributed by atoms with E-state index in [4.69, 9.17) is 0 Å². The summed E-state index contributed by atoms with van der Waals surface area (Å²) in [6, 6.07) is 0.489. The zero-order valence-electron chi connectivity index (χ0n) is 14.3. The summed E-state index contributed by atoms with van der Waals surface area (Å²) >= 11 is 0. The minimum atomic E-state index is 0.489. The standard InChI is InChI=1S/C16H29N7/c1-4-9-22-10-6-14(7-11-22)20-16(17-3)18-8-12-23-13-19-21-15(23)5-2/h4,13-14H,1,5-12H2,2-3H3,(H2,17,18,20). The van der Waals surface area contributed by atoms with Gasteiger partial charge in [0.25, 0.3) is 0 Å². The van der Waals surface area contributed by atoms with Crippen molar-refractivity contribution in [3.63, 3.8) is 0 Å². The molecule has 7 heteroatoms. The first kappa shape index (κ1) is 17.5. The maximum atomic E-state index is 4.32.